The number of carbonyl (C=O) groups excluding carboxylic acids is 1. The van der Waals surface area contributed by atoms with Crippen LogP contribution in [0.5, 0.6) is 0 Å². The third-order valence-electron chi connectivity index (χ3n) is 3.67. The molecule has 0 aliphatic rings. The van der Waals surface area contributed by atoms with Crippen molar-refractivity contribution in [2.45, 2.75) is 20.3 Å². The first-order valence-electron chi connectivity index (χ1n) is 7.28. The Balaban J connectivity index is 1.85. The second-order valence-electron chi connectivity index (χ2n) is 4.91. The standard InChI is InChI=1S/C16H23N3O/c1-3-19(4-2)10-9-17-16(20)11-13-12-18-15-8-6-5-7-14(13)15/h5-8,12,18H,3-4,9-11H2,1-2H3,(H,17,20). The van der Waals surface area contributed by atoms with Crippen LogP contribution in [-0.2, 0) is 11.2 Å². The number of nitrogens with zero attached hydrogens (tertiary/aromatic N) is 1. The molecule has 0 saturated heterocycles. The van der Waals surface area contributed by atoms with Crippen LogP contribution in [0.15, 0.2) is 30.5 Å². The molecular weight excluding hydrogens is 250 g/mol. The molecule has 2 N–H and O–H groups in total. The fourth-order valence-electron chi connectivity index (χ4n) is 2.41. The highest BCUT2D eigenvalue weighted by atomic mass is 16.1. The third-order valence-corrected chi connectivity index (χ3v) is 3.67. The smallest absolute Gasteiger partial charge is 0.224 e. The summed E-state index contributed by atoms with van der Waals surface area (Å²) in [6.45, 7) is 7.94. The Morgan fingerprint density at radius 3 is 2.75 bits per heavy atom. The van der Waals surface area contributed by atoms with E-state index in [1.807, 2.05) is 30.5 Å². The maximum atomic E-state index is 12.0. The summed E-state index contributed by atoms with van der Waals surface area (Å²) >= 11 is 0. The number of rotatable bonds is 7. The fraction of sp³-hybridized carbons (Fsp3) is 0.438. The highest BCUT2D eigenvalue weighted by Gasteiger charge is 2.08. The zero-order valence-electron chi connectivity index (χ0n) is 12.3. The molecular formula is C16H23N3O. The molecule has 2 rings (SSSR count). The minimum Gasteiger partial charge on any atom is -0.361 e. The molecule has 1 aromatic carbocycles. The first-order chi connectivity index (χ1) is 9.74. The number of hydrogen-bond acceptors (Lipinski definition) is 2. The summed E-state index contributed by atoms with van der Waals surface area (Å²) < 4.78 is 0. The number of aromatic nitrogens is 1. The van der Waals surface area contributed by atoms with Gasteiger partial charge in [-0.2, -0.15) is 0 Å². The molecule has 1 heterocycles. The number of H-pyrrole nitrogens is 1. The summed E-state index contributed by atoms with van der Waals surface area (Å²) in [5, 5.41) is 4.12. The molecule has 1 aromatic heterocycles. The SMILES string of the molecule is CCN(CC)CCNC(=O)Cc1c[nH]c2ccccc12. The van der Waals surface area contributed by atoms with E-state index in [0.717, 1.165) is 36.1 Å². The minimum absolute atomic E-state index is 0.0851. The van der Waals surface area contributed by atoms with E-state index in [1.54, 1.807) is 0 Å². The maximum Gasteiger partial charge on any atom is 0.224 e. The van der Waals surface area contributed by atoms with E-state index in [2.05, 4.69) is 29.0 Å². The molecule has 0 aliphatic carbocycles. The highest BCUT2D eigenvalue weighted by Crippen LogP contribution is 2.17. The van der Waals surface area contributed by atoms with Gasteiger partial charge < -0.3 is 15.2 Å². The number of fused-ring (bicyclic) bond motifs is 1. The Morgan fingerprint density at radius 2 is 2.00 bits per heavy atom. The molecule has 0 radical (unpaired) electrons. The zero-order chi connectivity index (χ0) is 14.4. The lowest BCUT2D eigenvalue weighted by Gasteiger charge is -2.17. The molecule has 4 nitrogen and oxygen atoms in total. The van der Waals surface area contributed by atoms with Gasteiger partial charge >= 0.3 is 0 Å². The summed E-state index contributed by atoms with van der Waals surface area (Å²) in [6.07, 6.45) is 2.36. The van der Waals surface area contributed by atoms with Crippen LogP contribution >= 0.6 is 0 Å². The molecule has 108 valence electrons. The first-order valence-corrected chi connectivity index (χ1v) is 7.28. The zero-order valence-corrected chi connectivity index (χ0v) is 12.3. The van der Waals surface area contributed by atoms with E-state index in [1.165, 1.54) is 0 Å². The van der Waals surface area contributed by atoms with Crippen molar-refractivity contribution in [2.75, 3.05) is 26.2 Å². The normalized spacial score (nSPS) is 11.2. The lowest BCUT2D eigenvalue weighted by molar-refractivity contribution is -0.120. The predicted octanol–water partition coefficient (Wildman–Crippen LogP) is 2.17. The van der Waals surface area contributed by atoms with Gasteiger partial charge in [-0.3, -0.25) is 4.79 Å². The van der Waals surface area contributed by atoms with Crippen LogP contribution in [0.1, 0.15) is 19.4 Å². The average molecular weight is 273 g/mol. The second kappa shape index (κ2) is 7.10. The van der Waals surface area contributed by atoms with Crippen LogP contribution in [0.3, 0.4) is 0 Å². The Hall–Kier alpha value is -1.81. The molecule has 0 atom stereocenters. The Morgan fingerprint density at radius 1 is 1.25 bits per heavy atom. The van der Waals surface area contributed by atoms with E-state index in [0.29, 0.717) is 13.0 Å². The number of para-hydroxylation sites is 1. The van der Waals surface area contributed by atoms with Gasteiger partial charge in [0.05, 0.1) is 6.42 Å². The van der Waals surface area contributed by atoms with E-state index < -0.39 is 0 Å². The van der Waals surface area contributed by atoms with Gasteiger partial charge in [-0.05, 0) is 24.7 Å². The van der Waals surface area contributed by atoms with Gasteiger partial charge in [-0.1, -0.05) is 32.0 Å². The molecule has 0 spiro atoms. The number of carbonyl (C=O) groups is 1. The van der Waals surface area contributed by atoms with Crippen molar-refractivity contribution in [1.82, 2.24) is 15.2 Å². The van der Waals surface area contributed by atoms with Gasteiger partial charge in [0.1, 0.15) is 0 Å². The van der Waals surface area contributed by atoms with Gasteiger partial charge in [0.15, 0.2) is 0 Å². The molecule has 0 unspecified atom stereocenters. The van der Waals surface area contributed by atoms with Crippen LogP contribution in [-0.4, -0.2) is 42.0 Å². The van der Waals surface area contributed by atoms with Gasteiger partial charge in [-0.15, -0.1) is 0 Å². The number of amides is 1. The van der Waals surface area contributed by atoms with E-state index in [9.17, 15) is 4.79 Å². The molecule has 2 aromatic rings. The second-order valence-corrected chi connectivity index (χ2v) is 4.91. The quantitative estimate of drug-likeness (QED) is 0.812. The van der Waals surface area contributed by atoms with Gasteiger partial charge in [0.25, 0.3) is 0 Å². The molecule has 4 heteroatoms. The Bertz CT molecular complexity index is 558. The molecule has 0 bridgehead atoms. The van der Waals surface area contributed by atoms with E-state index >= 15 is 0 Å². The van der Waals surface area contributed by atoms with Crippen LogP contribution in [0, 0.1) is 0 Å². The van der Waals surface area contributed by atoms with Crippen molar-refractivity contribution in [2.24, 2.45) is 0 Å². The summed E-state index contributed by atoms with van der Waals surface area (Å²) in [5.41, 5.74) is 2.14. The monoisotopic (exact) mass is 273 g/mol. The van der Waals surface area contributed by atoms with Crippen molar-refractivity contribution in [1.29, 1.82) is 0 Å². The minimum atomic E-state index is 0.0851. The molecule has 0 aliphatic heterocycles. The molecule has 0 saturated carbocycles. The van der Waals surface area contributed by atoms with Crippen molar-refractivity contribution >= 4 is 16.8 Å². The number of hydrogen-bond donors (Lipinski definition) is 2. The van der Waals surface area contributed by atoms with E-state index in [4.69, 9.17) is 0 Å². The summed E-state index contributed by atoms with van der Waals surface area (Å²) in [4.78, 5) is 17.5. The van der Waals surface area contributed by atoms with Crippen LogP contribution in [0.25, 0.3) is 10.9 Å². The average Bonchev–Trinajstić information content (AvgIpc) is 2.87. The first kappa shape index (κ1) is 14.6. The molecule has 20 heavy (non-hydrogen) atoms. The third kappa shape index (κ3) is 3.61. The van der Waals surface area contributed by atoms with Crippen LogP contribution in [0.2, 0.25) is 0 Å². The largest absolute Gasteiger partial charge is 0.361 e. The highest BCUT2D eigenvalue weighted by molar-refractivity contribution is 5.88. The van der Waals surface area contributed by atoms with Crippen molar-refractivity contribution in [3.8, 4) is 0 Å². The summed E-state index contributed by atoms with van der Waals surface area (Å²) in [7, 11) is 0. The topological polar surface area (TPSA) is 48.1 Å². The Kier molecular flexibility index (Phi) is 5.18. The lowest BCUT2D eigenvalue weighted by Crippen LogP contribution is -2.35. The van der Waals surface area contributed by atoms with E-state index in [-0.39, 0.29) is 5.91 Å². The molecule has 0 fully saturated rings. The molecule has 1 amide bonds. The summed E-state index contributed by atoms with van der Waals surface area (Å²) in [5.74, 6) is 0.0851. The predicted molar refractivity (Wildman–Crippen MR) is 82.8 cm³/mol. The van der Waals surface area contributed by atoms with Crippen LogP contribution < -0.4 is 5.32 Å². The van der Waals surface area contributed by atoms with Crippen molar-refractivity contribution < 1.29 is 4.79 Å². The van der Waals surface area contributed by atoms with Gasteiger partial charge in [0.2, 0.25) is 5.91 Å². The Labute approximate surface area is 120 Å². The van der Waals surface area contributed by atoms with Crippen molar-refractivity contribution in [3.63, 3.8) is 0 Å². The number of likely N-dealkylation sites (N-methyl/N-ethyl adjacent to an activating group) is 1. The van der Waals surface area contributed by atoms with Gasteiger partial charge in [0, 0.05) is 30.2 Å². The lowest BCUT2D eigenvalue weighted by atomic mass is 10.1. The fourth-order valence-corrected chi connectivity index (χ4v) is 2.41. The number of aromatic amines is 1. The van der Waals surface area contributed by atoms with Gasteiger partial charge in [-0.25, -0.2) is 0 Å². The van der Waals surface area contributed by atoms with Crippen LogP contribution in [0.4, 0.5) is 0 Å². The maximum absolute atomic E-state index is 12.0. The number of nitrogens with one attached hydrogen (secondary N) is 2. The number of benzene rings is 1. The summed E-state index contributed by atoms with van der Waals surface area (Å²) in [6, 6.07) is 8.06. The van der Waals surface area contributed by atoms with Crippen molar-refractivity contribution in [3.05, 3.63) is 36.0 Å².